The average molecular weight is 223 g/mol. The van der Waals surface area contributed by atoms with Gasteiger partial charge in [0.05, 0.1) is 6.10 Å². The lowest BCUT2D eigenvalue weighted by molar-refractivity contribution is 0.0995. The van der Waals surface area contributed by atoms with Crippen LogP contribution in [0, 0.1) is 6.92 Å². The fourth-order valence-electron chi connectivity index (χ4n) is 1.21. The minimum Gasteiger partial charge on any atom is -0.491 e. The molecule has 0 radical (unpaired) electrons. The van der Waals surface area contributed by atoms with E-state index in [0.717, 1.165) is 5.56 Å². The van der Waals surface area contributed by atoms with Crippen molar-refractivity contribution >= 4 is 5.91 Å². The maximum Gasteiger partial charge on any atom is 0.248 e. The summed E-state index contributed by atoms with van der Waals surface area (Å²) in [5.74, 6) is 0.102. The van der Waals surface area contributed by atoms with Crippen molar-refractivity contribution < 1.29 is 14.6 Å². The van der Waals surface area contributed by atoms with Gasteiger partial charge in [0, 0.05) is 5.56 Å². The Morgan fingerprint density at radius 3 is 2.81 bits per heavy atom. The van der Waals surface area contributed by atoms with E-state index in [1.54, 1.807) is 18.2 Å². The highest BCUT2D eigenvalue weighted by Crippen LogP contribution is 2.19. The Bertz CT molecular complexity index is 377. The van der Waals surface area contributed by atoms with Crippen LogP contribution in [0.4, 0.5) is 0 Å². The molecule has 0 spiro atoms. The minimum atomic E-state index is -0.489. The molecule has 0 fully saturated rings. The van der Waals surface area contributed by atoms with Crippen LogP contribution in [0.5, 0.6) is 5.75 Å². The van der Waals surface area contributed by atoms with Crippen molar-refractivity contribution in [1.29, 1.82) is 0 Å². The third kappa shape index (κ3) is 3.24. The number of hydrogen-bond acceptors (Lipinski definition) is 3. The van der Waals surface area contributed by atoms with E-state index < -0.39 is 12.0 Å². The normalized spacial score (nSPS) is 12.2. The first kappa shape index (κ1) is 12.5. The van der Waals surface area contributed by atoms with E-state index in [1.165, 1.54) is 0 Å². The zero-order valence-corrected chi connectivity index (χ0v) is 9.56. The van der Waals surface area contributed by atoms with Crippen molar-refractivity contribution in [2.24, 2.45) is 5.73 Å². The van der Waals surface area contributed by atoms with Crippen LogP contribution >= 0.6 is 0 Å². The largest absolute Gasteiger partial charge is 0.491 e. The SMILES string of the molecule is CC[C@H](O)COc1cc(C(N)=O)ccc1C. The second-order valence-electron chi connectivity index (χ2n) is 3.72. The van der Waals surface area contributed by atoms with Crippen LogP contribution in [0.3, 0.4) is 0 Å². The number of rotatable bonds is 5. The molecule has 4 nitrogen and oxygen atoms in total. The molecule has 1 aromatic rings. The summed E-state index contributed by atoms with van der Waals surface area (Å²) in [6.07, 6.45) is 0.144. The Balaban J connectivity index is 2.78. The molecule has 1 rings (SSSR count). The summed E-state index contributed by atoms with van der Waals surface area (Å²) in [6.45, 7) is 3.97. The maximum absolute atomic E-state index is 11.0. The number of aliphatic hydroxyl groups excluding tert-OH is 1. The summed E-state index contributed by atoms with van der Waals surface area (Å²) in [5.41, 5.74) is 6.49. The number of carbonyl (C=O) groups excluding carboxylic acids is 1. The van der Waals surface area contributed by atoms with Crippen molar-refractivity contribution in [3.05, 3.63) is 29.3 Å². The molecule has 3 N–H and O–H groups in total. The van der Waals surface area contributed by atoms with E-state index in [2.05, 4.69) is 0 Å². The lowest BCUT2D eigenvalue weighted by atomic mass is 10.1. The molecular weight excluding hydrogens is 206 g/mol. The summed E-state index contributed by atoms with van der Waals surface area (Å²) >= 11 is 0. The molecule has 0 aromatic heterocycles. The molecule has 0 unspecified atom stereocenters. The number of carbonyl (C=O) groups is 1. The molecule has 88 valence electrons. The third-order valence-electron chi connectivity index (χ3n) is 2.38. The second kappa shape index (κ2) is 5.51. The van der Waals surface area contributed by atoms with Gasteiger partial charge in [-0.3, -0.25) is 4.79 Å². The number of ether oxygens (including phenoxy) is 1. The van der Waals surface area contributed by atoms with E-state index in [4.69, 9.17) is 10.5 Å². The van der Waals surface area contributed by atoms with Gasteiger partial charge in [-0.15, -0.1) is 0 Å². The summed E-state index contributed by atoms with van der Waals surface area (Å²) in [5, 5.41) is 9.37. The van der Waals surface area contributed by atoms with Crippen LogP contribution in [0.1, 0.15) is 29.3 Å². The average Bonchev–Trinajstić information content (AvgIpc) is 2.27. The quantitative estimate of drug-likeness (QED) is 0.788. The van der Waals surface area contributed by atoms with Gasteiger partial charge in [-0.05, 0) is 31.0 Å². The molecule has 1 atom stereocenters. The Hall–Kier alpha value is -1.55. The summed E-state index contributed by atoms with van der Waals surface area (Å²) < 4.78 is 5.42. The number of nitrogens with two attached hydrogens (primary N) is 1. The fraction of sp³-hybridized carbons (Fsp3) is 0.417. The number of benzene rings is 1. The molecule has 0 saturated carbocycles. The Morgan fingerprint density at radius 2 is 2.25 bits per heavy atom. The van der Waals surface area contributed by atoms with Crippen molar-refractivity contribution in [1.82, 2.24) is 0 Å². The van der Waals surface area contributed by atoms with Gasteiger partial charge in [-0.2, -0.15) is 0 Å². The summed E-state index contributed by atoms with van der Waals surface area (Å²) in [4.78, 5) is 11.0. The van der Waals surface area contributed by atoms with Gasteiger partial charge in [-0.25, -0.2) is 0 Å². The molecule has 0 saturated heterocycles. The zero-order chi connectivity index (χ0) is 12.1. The van der Waals surface area contributed by atoms with Crippen molar-refractivity contribution in [3.8, 4) is 5.75 Å². The molecule has 0 aliphatic rings. The van der Waals surface area contributed by atoms with Gasteiger partial charge >= 0.3 is 0 Å². The van der Waals surface area contributed by atoms with Crippen LogP contribution in [0.15, 0.2) is 18.2 Å². The smallest absolute Gasteiger partial charge is 0.248 e. The second-order valence-corrected chi connectivity index (χ2v) is 3.72. The first-order valence-electron chi connectivity index (χ1n) is 5.26. The van der Waals surface area contributed by atoms with Crippen LogP contribution < -0.4 is 10.5 Å². The molecule has 16 heavy (non-hydrogen) atoms. The summed E-state index contributed by atoms with van der Waals surface area (Å²) in [7, 11) is 0. The first-order valence-corrected chi connectivity index (χ1v) is 5.26. The highest BCUT2D eigenvalue weighted by Gasteiger charge is 2.07. The monoisotopic (exact) mass is 223 g/mol. The highest BCUT2D eigenvalue weighted by atomic mass is 16.5. The molecule has 0 aliphatic heterocycles. The van der Waals surface area contributed by atoms with Gasteiger partial charge in [-0.1, -0.05) is 13.0 Å². The van der Waals surface area contributed by atoms with Crippen LogP contribution in [-0.2, 0) is 0 Å². The van der Waals surface area contributed by atoms with Gasteiger partial charge < -0.3 is 15.6 Å². The number of amides is 1. The lowest BCUT2D eigenvalue weighted by Crippen LogP contribution is -2.17. The zero-order valence-electron chi connectivity index (χ0n) is 9.56. The molecular formula is C12H17NO3. The first-order chi connectivity index (χ1) is 7.54. The number of hydrogen-bond donors (Lipinski definition) is 2. The number of primary amides is 1. The Labute approximate surface area is 95.0 Å². The number of aryl methyl sites for hydroxylation is 1. The molecule has 0 bridgehead atoms. The minimum absolute atomic E-state index is 0.222. The fourth-order valence-corrected chi connectivity index (χ4v) is 1.21. The number of aliphatic hydroxyl groups is 1. The van der Waals surface area contributed by atoms with Gasteiger partial charge in [0.2, 0.25) is 5.91 Å². The molecule has 0 heterocycles. The molecule has 4 heteroatoms. The maximum atomic E-state index is 11.0. The van der Waals surface area contributed by atoms with Gasteiger partial charge in [0.25, 0.3) is 0 Å². The predicted molar refractivity (Wildman–Crippen MR) is 61.5 cm³/mol. The van der Waals surface area contributed by atoms with Crippen LogP contribution in [0.2, 0.25) is 0 Å². The third-order valence-corrected chi connectivity index (χ3v) is 2.38. The van der Waals surface area contributed by atoms with Crippen molar-refractivity contribution in [3.63, 3.8) is 0 Å². The van der Waals surface area contributed by atoms with E-state index >= 15 is 0 Å². The lowest BCUT2D eigenvalue weighted by Gasteiger charge is -2.12. The van der Waals surface area contributed by atoms with Crippen molar-refractivity contribution in [2.75, 3.05) is 6.61 Å². The standard InChI is InChI=1S/C12H17NO3/c1-3-10(14)7-16-11-6-9(12(13)15)5-4-8(11)2/h4-6,10,14H,3,7H2,1-2H3,(H2,13,15)/t10-/m0/s1. The molecule has 1 amide bonds. The molecule has 0 aliphatic carbocycles. The topological polar surface area (TPSA) is 72.6 Å². The summed E-state index contributed by atoms with van der Waals surface area (Å²) in [6, 6.07) is 5.02. The van der Waals surface area contributed by atoms with Crippen molar-refractivity contribution in [2.45, 2.75) is 26.4 Å². The van der Waals surface area contributed by atoms with Crippen LogP contribution in [0.25, 0.3) is 0 Å². The van der Waals surface area contributed by atoms with Crippen LogP contribution in [-0.4, -0.2) is 23.7 Å². The van der Waals surface area contributed by atoms with E-state index in [0.29, 0.717) is 17.7 Å². The highest BCUT2D eigenvalue weighted by molar-refractivity contribution is 5.93. The van der Waals surface area contributed by atoms with Gasteiger partial charge in [0.1, 0.15) is 12.4 Å². The van der Waals surface area contributed by atoms with E-state index in [1.807, 2.05) is 13.8 Å². The van der Waals surface area contributed by atoms with E-state index in [-0.39, 0.29) is 6.61 Å². The van der Waals surface area contributed by atoms with Gasteiger partial charge in [0.15, 0.2) is 0 Å². The Morgan fingerprint density at radius 1 is 1.56 bits per heavy atom. The Kier molecular flexibility index (Phi) is 4.31. The van der Waals surface area contributed by atoms with E-state index in [9.17, 15) is 9.90 Å². The molecule has 1 aromatic carbocycles. The predicted octanol–water partition coefficient (Wildman–Crippen LogP) is 1.24.